The molecule has 2 rings (SSSR count). The van der Waals surface area contributed by atoms with Crippen molar-refractivity contribution >= 4 is 29.1 Å². The molecule has 2 N–H and O–H groups in total. The van der Waals surface area contributed by atoms with Crippen LogP contribution in [0.15, 0.2) is 30.6 Å². The van der Waals surface area contributed by atoms with Crippen LogP contribution in [0, 0.1) is 0 Å². The third kappa shape index (κ3) is 4.06. The molecular formula is C14H14ClN3O3. The lowest BCUT2D eigenvalue weighted by Crippen LogP contribution is -2.01. The van der Waals surface area contributed by atoms with Gasteiger partial charge < -0.3 is 15.2 Å². The molecule has 2 aromatic rings. The normalized spacial score (nSPS) is 10.2. The molecule has 21 heavy (non-hydrogen) atoms. The standard InChI is InChI=1S/C14H14ClN3O3/c1-2-5-21-13-7-12(16-8-17-13)18-9-3-4-10(14(19)20)11(15)6-9/h3-4,6-8H,2,5H2,1H3,(H,19,20)(H,16,17,18). The topological polar surface area (TPSA) is 84.3 Å². The monoisotopic (exact) mass is 307 g/mol. The van der Waals surface area contributed by atoms with E-state index in [4.69, 9.17) is 21.4 Å². The maximum atomic E-state index is 10.9. The second-order valence-electron chi connectivity index (χ2n) is 4.21. The van der Waals surface area contributed by atoms with Crippen LogP contribution in [-0.4, -0.2) is 27.7 Å². The van der Waals surface area contributed by atoms with Crippen molar-refractivity contribution in [2.45, 2.75) is 13.3 Å². The van der Waals surface area contributed by atoms with Crippen LogP contribution in [0.25, 0.3) is 0 Å². The Balaban J connectivity index is 2.14. The second kappa shape index (κ2) is 6.90. The molecule has 0 radical (unpaired) electrons. The Morgan fingerprint density at radius 1 is 1.38 bits per heavy atom. The quantitative estimate of drug-likeness (QED) is 0.851. The molecule has 0 atom stereocenters. The summed E-state index contributed by atoms with van der Waals surface area (Å²) in [6, 6.07) is 6.24. The number of aromatic carboxylic acids is 1. The summed E-state index contributed by atoms with van der Waals surface area (Å²) >= 11 is 5.91. The van der Waals surface area contributed by atoms with Crippen molar-refractivity contribution in [2.24, 2.45) is 0 Å². The van der Waals surface area contributed by atoms with Crippen molar-refractivity contribution in [1.82, 2.24) is 9.97 Å². The van der Waals surface area contributed by atoms with E-state index in [2.05, 4.69) is 15.3 Å². The van der Waals surface area contributed by atoms with E-state index in [1.165, 1.54) is 18.5 Å². The molecule has 0 saturated carbocycles. The summed E-state index contributed by atoms with van der Waals surface area (Å²) in [6.07, 6.45) is 2.28. The van der Waals surface area contributed by atoms with Gasteiger partial charge in [-0.15, -0.1) is 0 Å². The van der Waals surface area contributed by atoms with Gasteiger partial charge in [0.1, 0.15) is 12.1 Å². The second-order valence-corrected chi connectivity index (χ2v) is 4.62. The minimum atomic E-state index is -1.07. The highest BCUT2D eigenvalue weighted by atomic mass is 35.5. The molecule has 6 nitrogen and oxygen atoms in total. The Hall–Kier alpha value is -2.34. The van der Waals surface area contributed by atoms with Crippen LogP contribution in [0.4, 0.5) is 11.5 Å². The molecule has 0 unspecified atom stereocenters. The van der Waals surface area contributed by atoms with Crippen LogP contribution in [-0.2, 0) is 0 Å². The zero-order valence-corrected chi connectivity index (χ0v) is 12.1. The number of benzene rings is 1. The van der Waals surface area contributed by atoms with Gasteiger partial charge in [-0.05, 0) is 24.6 Å². The van der Waals surface area contributed by atoms with Crippen LogP contribution in [0.5, 0.6) is 5.88 Å². The van der Waals surface area contributed by atoms with E-state index in [1.54, 1.807) is 12.1 Å². The highest BCUT2D eigenvalue weighted by molar-refractivity contribution is 6.33. The van der Waals surface area contributed by atoms with E-state index in [0.717, 1.165) is 6.42 Å². The highest BCUT2D eigenvalue weighted by Gasteiger charge is 2.09. The molecular weight excluding hydrogens is 294 g/mol. The van der Waals surface area contributed by atoms with Gasteiger partial charge in [0.2, 0.25) is 5.88 Å². The molecule has 0 fully saturated rings. The molecule has 7 heteroatoms. The Bertz CT molecular complexity index is 649. The first-order valence-electron chi connectivity index (χ1n) is 6.35. The number of halogens is 1. The lowest BCUT2D eigenvalue weighted by molar-refractivity contribution is 0.0697. The number of carboxylic acids is 1. The molecule has 110 valence electrons. The first-order valence-corrected chi connectivity index (χ1v) is 6.72. The Morgan fingerprint density at radius 3 is 2.86 bits per heavy atom. The number of nitrogens with one attached hydrogen (secondary N) is 1. The van der Waals surface area contributed by atoms with E-state index in [-0.39, 0.29) is 10.6 Å². The fourth-order valence-electron chi connectivity index (χ4n) is 1.61. The highest BCUT2D eigenvalue weighted by Crippen LogP contribution is 2.24. The molecule has 0 aliphatic rings. The van der Waals surface area contributed by atoms with Crippen molar-refractivity contribution in [1.29, 1.82) is 0 Å². The van der Waals surface area contributed by atoms with Crippen LogP contribution in [0.2, 0.25) is 5.02 Å². The Morgan fingerprint density at radius 2 is 2.19 bits per heavy atom. The summed E-state index contributed by atoms with van der Waals surface area (Å²) < 4.78 is 5.41. The summed E-state index contributed by atoms with van der Waals surface area (Å²) in [5, 5.41) is 12.1. The number of aromatic nitrogens is 2. The average molecular weight is 308 g/mol. The molecule has 0 saturated heterocycles. The minimum absolute atomic E-state index is 0.0527. The van der Waals surface area contributed by atoms with Gasteiger partial charge in [-0.2, -0.15) is 0 Å². The van der Waals surface area contributed by atoms with E-state index in [0.29, 0.717) is 24.0 Å². The number of hydrogen-bond donors (Lipinski definition) is 2. The first-order chi connectivity index (χ1) is 10.1. The summed E-state index contributed by atoms with van der Waals surface area (Å²) in [5.41, 5.74) is 0.682. The number of rotatable bonds is 6. The third-order valence-electron chi connectivity index (χ3n) is 2.57. The molecule has 0 aliphatic carbocycles. The number of carboxylic acid groups (broad SMARTS) is 1. The summed E-state index contributed by atoms with van der Waals surface area (Å²) in [5.74, 6) is -0.0540. The van der Waals surface area contributed by atoms with Gasteiger partial charge in [-0.25, -0.2) is 14.8 Å². The average Bonchev–Trinajstić information content (AvgIpc) is 2.45. The lowest BCUT2D eigenvalue weighted by atomic mass is 10.2. The Labute approximate surface area is 126 Å². The third-order valence-corrected chi connectivity index (χ3v) is 2.88. The minimum Gasteiger partial charge on any atom is -0.478 e. The fourth-order valence-corrected chi connectivity index (χ4v) is 1.87. The van der Waals surface area contributed by atoms with Crippen molar-refractivity contribution < 1.29 is 14.6 Å². The number of nitrogens with zero attached hydrogens (tertiary/aromatic N) is 2. The lowest BCUT2D eigenvalue weighted by Gasteiger charge is -2.08. The summed E-state index contributed by atoms with van der Waals surface area (Å²) in [6.45, 7) is 2.59. The smallest absolute Gasteiger partial charge is 0.337 e. The molecule has 0 spiro atoms. The van der Waals surface area contributed by atoms with E-state index in [9.17, 15) is 4.79 Å². The molecule has 1 heterocycles. The SMILES string of the molecule is CCCOc1cc(Nc2ccc(C(=O)O)c(Cl)c2)ncn1. The number of ether oxygens (including phenoxy) is 1. The summed E-state index contributed by atoms with van der Waals surface area (Å²) in [4.78, 5) is 19.0. The maximum Gasteiger partial charge on any atom is 0.337 e. The van der Waals surface area contributed by atoms with Gasteiger partial charge in [0.15, 0.2) is 0 Å². The zero-order chi connectivity index (χ0) is 15.2. The van der Waals surface area contributed by atoms with Crippen molar-refractivity contribution in [3.63, 3.8) is 0 Å². The molecule has 1 aromatic heterocycles. The number of anilines is 2. The molecule has 0 amide bonds. The number of hydrogen-bond acceptors (Lipinski definition) is 5. The van der Waals surface area contributed by atoms with E-state index < -0.39 is 5.97 Å². The zero-order valence-electron chi connectivity index (χ0n) is 11.3. The van der Waals surface area contributed by atoms with E-state index in [1.807, 2.05) is 6.92 Å². The van der Waals surface area contributed by atoms with Gasteiger partial charge in [0.05, 0.1) is 17.2 Å². The molecule has 1 aromatic carbocycles. The maximum absolute atomic E-state index is 10.9. The van der Waals surface area contributed by atoms with Gasteiger partial charge in [-0.1, -0.05) is 18.5 Å². The summed E-state index contributed by atoms with van der Waals surface area (Å²) in [7, 11) is 0. The van der Waals surface area contributed by atoms with Gasteiger partial charge in [0.25, 0.3) is 0 Å². The van der Waals surface area contributed by atoms with E-state index >= 15 is 0 Å². The van der Waals surface area contributed by atoms with Gasteiger partial charge >= 0.3 is 5.97 Å². The van der Waals surface area contributed by atoms with Crippen LogP contribution in [0.3, 0.4) is 0 Å². The number of carbonyl (C=O) groups is 1. The van der Waals surface area contributed by atoms with Crippen molar-refractivity contribution in [2.75, 3.05) is 11.9 Å². The van der Waals surface area contributed by atoms with Gasteiger partial charge in [-0.3, -0.25) is 0 Å². The molecule has 0 aliphatic heterocycles. The van der Waals surface area contributed by atoms with Crippen molar-refractivity contribution in [3.05, 3.63) is 41.2 Å². The predicted octanol–water partition coefficient (Wildman–Crippen LogP) is 3.36. The largest absolute Gasteiger partial charge is 0.478 e. The fraction of sp³-hybridized carbons (Fsp3) is 0.214. The first kappa shape index (κ1) is 15.1. The van der Waals surface area contributed by atoms with Crippen molar-refractivity contribution in [3.8, 4) is 5.88 Å². The van der Waals surface area contributed by atoms with Crippen LogP contribution < -0.4 is 10.1 Å². The predicted molar refractivity (Wildman–Crippen MR) is 79.5 cm³/mol. The van der Waals surface area contributed by atoms with Crippen LogP contribution >= 0.6 is 11.6 Å². The van der Waals surface area contributed by atoms with Crippen LogP contribution in [0.1, 0.15) is 23.7 Å². The molecule has 0 bridgehead atoms. The van der Waals surface area contributed by atoms with Gasteiger partial charge in [0, 0.05) is 11.8 Å². The Kier molecular flexibility index (Phi) is 4.94.